The van der Waals surface area contributed by atoms with E-state index in [1.807, 2.05) is 18.2 Å². The summed E-state index contributed by atoms with van der Waals surface area (Å²) in [6.45, 7) is 0.0147. The van der Waals surface area contributed by atoms with Crippen LogP contribution in [0, 0.1) is 11.3 Å². The molecule has 0 saturated carbocycles. The highest BCUT2D eigenvalue weighted by atomic mass is 16.5. The largest absolute Gasteiger partial charge is 0.479 e. The third kappa shape index (κ3) is 3.09. The average molecular weight is 292 g/mol. The topological polar surface area (TPSA) is 62.1 Å². The minimum atomic E-state index is -0.111. The summed E-state index contributed by atoms with van der Waals surface area (Å²) < 4.78 is 5.18. The zero-order chi connectivity index (χ0) is 15.4. The Balaban J connectivity index is 1.67. The highest BCUT2D eigenvalue weighted by Crippen LogP contribution is 2.23. The number of benzene rings is 2. The number of aryl methyl sites for hydroxylation is 2. The number of rotatable bonds is 4. The number of carbonyl (C=O) groups excluding carboxylic acids is 1. The second-order valence-electron chi connectivity index (χ2n) is 5.26. The number of hydrogen-bond acceptors (Lipinski definition) is 3. The Labute approximate surface area is 129 Å². The second-order valence-corrected chi connectivity index (χ2v) is 5.26. The molecule has 0 fully saturated rings. The highest BCUT2D eigenvalue weighted by molar-refractivity contribution is 6.04. The first-order valence-corrected chi connectivity index (χ1v) is 7.29. The van der Waals surface area contributed by atoms with Crippen LogP contribution in [0.2, 0.25) is 0 Å². The van der Waals surface area contributed by atoms with Crippen LogP contribution in [0.15, 0.2) is 42.5 Å². The fourth-order valence-corrected chi connectivity index (χ4v) is 2.67. The van der Waals surface area contributed by atoms with E-state index in [-0.39, 0.29) is 12.5 Å². The Hall–Kier alpha value is -2.80. The van der Waals surface area contributed by atoms with Crippen LogP contribution in [0.25, 0.3) is 0 Å². The van der Waals surface area contributed by atoms with Gasteiger partial charge in [-0.05, 0) is 66.8 Å². The smallest absolute Gasteiger partial charge is 0.255 e. The van der Waals surface area contributed by atoms with E-state index in [9.17, 15) is 4.79 Å². The molecule has 1 amide bonds. The molecule has 0 aliphatic heterocycles. The SMILES string of the molecule is N#CCOc1ccc(NC(=O)c2ccc3c(c2)CCC3)cc1. The van der Waals surface area contributed by atoms with Crippen molar-refractivity contribution in [3.8, 4) is 11.8 Å². The van der Waals surface area contributed by atoms with E-state index in [4.69, 9.17) is 10.00 Å². The van der Waals surface area contributed by atoms with Crippen LogP contribution in [0.5, 0.6) is 5.75 Å². The fourth-order valence-electron chi connectivity index (χ4n) is 2.67. The number of fused-ring (bicyclic) bond motifs is 1. The zero-order valence-corrected chi connectivity index (χ0v) is 12.1. The van der Waals surface area contributed by atoms with Gasteiger partial charge in [0.1, 0.15) is 11.8 Å². The predicted molar refractivity (Wildman–Crippen MR) is 84.0 cm³/mol. The first kappa shape index (κ1) is 14.2. The molecule has 0 heterocycles. The predicted octanol–water partition coefficient (Wildman–Crippen LogP) is 3.33. The van der Waals surface area contributed by atoms with Crippen LogP contribution in [0.1, 0.15) is 27.9 Å². The number of amides is 1. The lowest BCUT2D eigenvalue weighted by Gasteiger charge is -2.08. The fraction of sp³-hybridized carbons (Fsp3) is 0.222. The molecule has 1 aliphatic rings. The van der Waals surface area contributed by atoms with Gasteiger partial charge in [-0.1, -0.05) is 6.07 Å². The molecule has 3 rings (SSSR count). The van der Waals surface area contributed by atoms with E-state index in [2.05, 4.69) is 11.4 Å². The third-order valence-electron chi connectivity index (χ3n) is 3.78. The maximum atomic E-state index is 12.3. The van der Waals surface area contributed by atoms with Crippen LogP contribution in [0.3, 0.4) is 0 Å². The maximum Gasteiger partial charge on any atom is 0.255 e. The van der Waals surface area contributed by atoms with E-state index >= 15 is 0 Å². The van der Waals surface area contributed by atoms with Crippen LogP contribution in [-0.4, -0.2) is 12.5 Å². The number of nitriles is 1. The van der Waals surface area contributed by atoms with E-state index in [0.717, 1.165) is 12.8 Å². The minimum absolute atomic E-state index is 0.0147. The average Bonchev–Trinajstić information content (AvgIpc) is 3.01. The number of ether oxygens (including phenoxy) is 1. The van der Waals surface area contributed by atoms with Crippen molar-refractivity contribution >= 4 is 11.6 Å². The summed E-state index contributed by atoms with van der Waals surface area (Å²) in [6.07, 6.45) is 3.34. The van der Waals surface area contributed by atoms with E-state index in [1.165, 1.54) is 17.5 Å². The van der Waals surface area contributed by atoms with Crippen LogP contribution in [0.4, 0.5) is 5.69 Å². The molecule has 0 bridgehead atoms. The Morgan fingerprint density at radius 3 is 2.68 bits per heavy atom. The Morgan fingerprint density at radius 2 is 1.91 bits per heavy atom. The van der Waals surface area contributed by atoms with E-state index < -0.39 is 0 Å². The molecule has 1 N–H and O–H groups in total. The van der Waals surface area contributed by atoms with Crippen LogP contribution in [-0.2, 0) is 12.8 Å². The van der Waals surface area contributed by atoms with Crippen LogP contribution < -0.4 is 10.1 Å². The summed E-state index contributed by atoms with van der Waals surface area (Å²) in [5.74, 6) is 0.498. The summed E-state index contributed by atoms with van der Waals surface area (Å²) in [4.78, 5) is 12.3. The van der Waals surface area contributed by atoms with Gasteiger partial charge in [-0.2, -0.15) is 5.26 Å². The van der Waals surface area contributed by atoms with Gasteiger partial charge >= 0.3 is 0 Å². The van der Waals surface area contributed by atoms with Gasteiger partial charge in [0.05, 0.1) is 0 Å². The van der Waals surface area contributed by atoms with Gasteiger partial charge < -0.3 is 10.1 Å². The zero-order valence-electron chi connectivity index (χ0n) is 12.1. The molecule has 1 aliphatic carbocycles. The molecule has 0 radical (unpaired) electrons. The second kappa shape index (κ2) is 6.31. The van der Waals surface area contributed by atoms with E-state index in [1.54, 1.807) is 24.3 Å². The van der Waals surface area contributed by atoms with Crippen molar-refractivity contribution in [3.05, 3.63) is 59.2 Å². The molecule has 2 aromatic carbocycles. The van der Waals surface area contributed by atoms with Crippen molar-refractivity contribution in [2.45, 2.75) is 19.3 Å². The van der Waals surface area contributed by atoms with Gasteiger partial charge in [-0.15, -0.1) is 0 Å². The van der Waals surface area contributed by atoms with Crippen molar-refractivity contribution in [2.75, 3.05) is 11.9 Å². The van der Waals surface area contributed by atoms with Gasteiger partial charge in [-0.25, -0.2) is 0 Å². The molecule has 0 saturated heterocycles. The highest BCUT2D eigenvalue weighted by Gasteiger charge is 2.14. The Kier molecular flexibility index (Phi) is 4.06. The first-order valence-electron chi connectivity index (χ1n) is 7.29. The number of nitrogens with zero attached hydrogens (tertiary/aromatic N) is 1. The molecule has 4 heteroatoms. The third-order valence-corrected chi connectivity index (χ3v) is 3.78. The summed E-state index contributed by atoms with van der Waals surface area (Å²) >= 11 is 0. The molecule has 0 unspecified atom stereocenters. The Bertz CT molecular complexity index is 730. The van der Waals surface area contributed by atoms with Gasteiger partial charge in [0.25, 0.3) is 5.91 Å². The lowest BCUT2D eigenvalue weighted by molar-refractivity contribution is 0.102. The van der Waals surface area contributed by atoms with Gasteiger partial charge in [0, 0.05) is 11.3 Å². The summed E-state index contributed by atoms with van der Waals surface area (Å²) in [7, 11) is 0. The molecular weight excluding hydrogens is 276 g/mol. The first-order chi connectivity index (χ1) is 10.8. The van der Waals surface area contributed by atoms with Crippen molar-refractivity contribution in [1.82, 2.24) is 0 Å². The summed E-state index contributed by atoms with van der Waals surface area (Å²) in [5, 5.41) is 11.3. The number of nitrogens with one attached hydrogen (secondary N) is 1. The molecular formula is C18H16N2O2. The minimum Gasteiger partial charge on any atom is -0.479 e. The molecule has 110 valence electrons. The number of hydrogen-bond donors (Lipinski definition) is 1. The maximum absolute atomic E-state index is 12.3. The Morgan fingerprint density at radius 1 is 1.14 bits per heavy atom. The molecule has 4 nitrogen and oxygen atoms in total. The van der Waals surface area contributed by atoms with Gasteiger partial charge in [0.2, 0.25) is 0 Å². The quantitative estimate of drug-likeness (QED) is 0.940. The molecule has 0 aromatic heterocycles. The standard InChI is InChI=1S/C18H16N2O2/c19-10-11-22-17-8-6-16(7-9-17)20-18(21)15-5-4-13-2-1-3-14(13)12-15/h4-9,12H,1-3,11H2,(H,20,21). The molecule has 0 spiro atoms. The summed E-state index contributed by atoms with van der Waals surface area (Å²) in [5.41, 5.74) is 4.03. The lowest BCUT2D eigenvalue weighted by Crippen LogP contribution is -2.12. The normalized spacial score (nSPS) is 12.3. The van der Waals surface area contributed by atoms with Crippen molar-refractivity contribution in [2.24, 2.45) is 0 Å². The molecule has 22 heavy (non-hydrogen) atoms. The lowest BCUT2D eigenvalue weighted by atomic mass is 10.1. The van der Waals surface area contributed by atoms with Crippen molar-refractivity contribution < 1.29 is 9.53 Å². The van der Waals surface area contributed by atoms with E-state index in [0.29, 0.717) is 17.0 Å². The number of carbonyl (C=O) groups is 1. The number of anilines is 1. The molecule has 2 aromatic rings. The molecule has 0 atom stereocenters. The van der Waals surface area contributed by atoms with Crippen molar-refractivity contribution in [1.29, 1.82) is 5.26 Å². The van der Waals surface area contributed by atoms with Gasteiger partial charge in [0.15, 0.2) is 6.61 Å². The van der Waals surface area contributed by atoms with Crippen molar-refractivity contribution in [3.63, 3.8) is 0 Å². The van der Waals surface area contributed by atoms with Crippen LogP contribution >= 0.6 is 0 Å². The summed E-state index contributed by atoms with van der Waals surface area (Å²) in [6, 6.07) is 14.8. The van der Waals surface area contributed by atoms with Gasteiger partial charge in [-0.3, -0.25) is 4.79 Å². The monoisotopic (exact) mass is 292 g/mol.